The standard InChI is InChI=1S/C22H23N5O2/c23-11-13-24-21(28)20(14-17-15-26-19-9-5-4-8-18(17)19)27-22(29)25-12-10-16-6-2-1-3-7-16/h1-9,15,20,26H,10,12-14H2,(H,24,28)(H2,25,27,29). The number of benzene rings is 2. The molecule has 29 heavy (non-hydrogen) atoms. The predicted octanol–water partition coefficient (Wildman–Crippen LogP) is 2.26. The average molecular weight is 389 g/mol. The molecule has 7 heteroatoms. The number of aromatic amines is 1. The second-order valence-electron chi connectivity index (χ2n) is 6.63. The highest BCUT2D eigenvalue weighted by Crippen LogP contribution is 2.19. The summed E-state index contributed by atoms with van der Waals surface area (Å²) < 4.78 is 0. The van der Waals surface area contributed by atoms with E-state index in [0.29, 0.717) is 19.4 Å². The van der Waals surface area contributed by atoms with E-state index in [-0.39, 0.29) is 6.54 Å². The van der Waals surface area contributed by atoms with Crippen molar-refractivity contribution < 1.29 is 9.59 Å². The molecule has 0 saturated heterocycles. The molecule has 148 valence electrons. The fourth-order valence-electron chi connectivity index (χ4n) is 3.15. The van der Waals surface area contributed by atoms with E-state index in [0.717, 1.165) is 22.0 Å². The first-order valence-electron chi connectivity index (χ1n) is 9.45. The maximum atomic E-state index is 12.5. The van der Waals surface area contributed by atoms with Gasteiger partial charge in [-0.2, -0.15) is 5.26 Å². The third kappa shape index (κ3) is 5.59. The lowest BCUT2D eigenvalue weighted by Gasteiger charge is -2.18. The highest BCUT2D eigenvalue weighted by molar-refractivity contribution is 5.89. The van der Waals surface area contributed by atoms with Gasteiger partial charge in [-0.3, -0.25) is 4.79 Å². The average Bonchev–Trinajstić information content (AvgIpc) is 3.15. The number of hydrogen-bond donors (Lipinski definition) is 4. The van der Waals surface area contributed by atoms with Crippen molar-refractivity contribution in [3.8, 4) is 6.07 Å². The highest BCUT2D eigenvalue weighted by Gasteiger charge is 2.22. The van der Waals surface area contributed by atoms with Crippen LogP contribution in [-0.2, 0) is 17.6 Å². The molecule has 0 aliphatic heterocycles. The third-order valence-electron chi connectivity index (χ3n) is 4.60. The summed E-state index contributed by atoms with van der Waals surface area (Å²) in [5.41, 5.74) is 3.00. The molecule has 7 nitrogen and oxygen atoms in total. The van der Waals surface area contributed by atoms with Crippen LogP contribution in [0.5, 0.6) is 0 Å². The molecule has 3 rings (SSSR count). The molecule has 3 aromatic rings. The molecule has 1 atom stereocenters. The quantitative estimate of drug-likeness (QED) is 0.444. The zero-order valence-electron chi connectivity index (χ0n) is 15.9. The van der Waals surface area contributed by atoms with Gasteiger partial charge in [-0.15, -0.1) is 0 Å². The molecule has 2 aromatic carbocycles. The van der Waals surface area contributed by atoms with Crippen LogP contribution < -0.4 is 16.0 Å². The maximum Gasteiger partial charge on any atom is 0.315 e. The summed E-state index contributed by atoms with van der Waals surface area (Å²) >= 11 is 0. The van der Waals surface area contributed by atoms with Gasteiger partial charge in [0.25, 0.3) is 0 Å². The normalized spacial score (nSPS) is 11.4. The van der Waals surface area contributed by atoms with Crippen molar-refractivity contribution in [3.05, 3.63) is 71.9 Å². The van der Waals surface area contributed by atoms with Gasteiger partial charge in [0.15, 0.2) is 0 Å². The third-order valence-corrected chi connectivity index (χ3v) is 4.60. The van der Waals surface area contributed by atoms with Crippen LogP contribution in [0.4, 0.5) is 4.79 Å². The van der Waals surface area contributed by atoms with Crippen LogP contribution in [0.1, 0.15) is 11.1 Å². The first kappa shape index (κ1) is 20.0. The van der Waals surface area contributed by atoms with Gasteiger partial charge in [-0.05, 0) is 23.6 Å². The second kappa shape index (κ2) is 9.95. The van der Waals surface area contributed by atoms with Crippen LogP contribution in [0.15, 0.2) is 60.8 Å². The molecule has 0 radical (unpaired) electrons. The van der Waals surface area contributed by atoms with Crippen molar-refractivity contribution in [2.75, 3.05) is 13.1 Å². The number of nitrogens with zero attached hydrogens (tertiary/aromatic N) is 1. The number of nitriles is 1. The van der Waals surface area contributed by atoms with E-state index in [2.05, 4.69) is 20.9 Å². The summed E-state index contributed by atoms with van der Waals surface area (Å²) in [5.74, 6) is -0.393. The van der Waals surface area contributed by atoms with Gasteiger partial charge in [0.1, 0.15) is 12.6 Å². The highest BCUT2D eigenvalue weighted by atomic mass is 16.2. The van der Waals surface area contributed by atoms with Crippen molar-refractivity contribution in [1.82, 2.24) is 20.9 Å². The summed E-state index contributed by atoms with van der Waals surface area (Å²) in [4.78, 5) is 28.0. The Morgan fingerprint density at radius 2 is 1.79 bits per heavy atom. The first-order chi connectivity index (χ1) is 14.2. The van der Waals surface area contributed by atoms with Gasteiger partial charge >= 0.3 is 6.03 Å². The number of carbonyl (C=O) groups is 2. The second-order valence-corrected chi connectivity index (χ2v) is 6.63. The zero-order valence-corrected chi connectivity index (χ0v) is 15.9. The lowest BCUT2D eigenvalue weighted by Crippen LogP contribution is -2.51. The minimum Gasteiger partial charge on any atom is -0.361 e. The van der Waals surface area contributed by atoms with Gasteiger partial charge in [-0.1, -0.05) is 48.5 Å². The zero-order chi connectivity index (χ0) is 20.5. The number of aromatic nitrogens is 1. The topological polar surface area (TPSA) is 110 Å². The van der Waals surface area contributed by atoms with E-state index in [9.17, 15) is 9.59 Å². The number of H-pyrrole nitrogens is 1. The summed E-state index contributed by atoms with van der Waals surface area (Å²) in [6.45, 7) is 0.343. The molecule has 1 unspecified atom stereocenters. The number of nitrogens with one attached hydrogen (secondary N) is 4. The minimum atomic E-state index is -0.792. The van der Waals surface area contributed by atoms with E-state index in [1.54, 1.807) is 0 Å². The Bertz CT molecular complexity index is 1010. The molecule has 0 spiro atoms. The molecule has 0 aliphatic carbocycles. The molecule has 1 aromatic heterocycles. The molecule has 0 bridgehead atoms. The predicted molar refractivity (Wildman–Crippen MR) is 111 cm³/mol. The van der Waals surface area contributed by atoms with Gasteiger partial charge < -0.3 is 20.9 Å². The molecule has 3 amide bonds. The van der Waals surface area contributed by atoms with Crippen LogP contribution in [0.2, 0.25) is 0 Å². The summed E-state index contributed by atoms with van der Waals surface area (Å²) in [7, 11) is 0. The SMILES string of the molecule is N#CCNC(=O)C(Cc1c[nH]c2ccccc12)NC(=O)NCCc1ccccc1. The van der Waals surface area contributed by atoms with Gasteiger partial charge in [0.05, 0.1) is 6.07 Å². The Balaban J connectivity index is 1.62. The fraction of sp³-hybridized carbons (Fsp3) is 0.227. The van der Waals surface area contributed by atoms with Gasteiger partial charge in [0, 0.05) is 30.1 Å². The molecular weight excluding hydrogens is 366 g/mol. The van der Waals surface area contributed by atoms with Crippen molar-refractivity contribution in [2.45, 2.75) is 18.9 Å². The smallest absolute Gasteiger partial charge is 0.315 e. The van der Waals surface area contributed by atoms with Crippen molar-refractivity contribution in [3.63, 3.8) is 0 Å². The minimum absolute atomic E-state index is 0.111. The number of para-hydroxylation sites is 1. The first-order valence-corrected chi connectivity index (χ1v) is 9.45. The number of fused-ring (bicyclic) bond motifs is 1. The van der Waals surface area contributed by atoms with Gasteiger partial charge in [-0.25, -0.2) is 4.79 Å². The number of carbonyl (C=O) groups excluding carboxylic acids is 2. The lowest BCUT2D eigenvalue weighted by atomic mass is 10.0. The lowest BCUT2D eigenvalue weighted by molar-refractivity contribution is -0.122. The number of urea groups is 1. The Morgan fingerprint density at radius 3 is 2.59 bits per heavy atom. The fourth-order valence-corrected chi connectivity index (χ4v) is 3.15. The molecule has 0 aliphatic rings. The number of rotatable bonds is 8. The van der Waals surface area contributed by atoms with E-state index in [4.69, 9.17) is 5.26 Å². The van der Waals surface area contributed by atoms with Crippen molar-refractivity contribution in [1.29, 1.82) is 5.26 Å². The number of amides is 3. The Labute approximate surface area is 169 Å². The molecule has 1 heterocycles. The molecule has 0 saturated carbocycles. The van der Waals surface area contributed by atoms with E-state index >= 15 is 0 Å². The Hall–Kier alpha value is -3.79. The monoisotopic (exact) mass is 389 g/mol. The summed E-state index contributed by atoms with van der Waals surface area (Å²) in [6, 6.07) is 18.3. The Kier molecular flexibility index (Phi) is 6.85. The van der Waals surface area contributed by atoms with Crippen LogP contribution in [-0.4, -0.2) is 36.1 Å². The van der Waals surface area contributed by atoms with Crippen molar-refractivity contribution >= 4 is 22.8 Å². The van der Waals surface area contributed by atoms with Gasteiger partial charge in [0.2, 0.25) is 5.91 Å². The van der Waals surface area contributed by atoms with Crippen LogP contribution in [0.25, 0.3) is 10.9 Å². The molecule has 0 fully saturated rings. The molecule has 4 N–H and O–H groups in total. The van der Waals surface area contributed by atoms with E-state index in [1.807, 2.05) is 66.9 Å². The maximum absolute atomic E-state index is 12.5. The number of hydrogen-bond acceptors (Lipinski definition) is 3. The Morgan fingerprint density at radius 1 is 1.03 bits per heavy atom. The van der Waals surface area contributed by atoms with Crippen LogP contribution >= 0.6 is 0 Å². The van der Waals surface area contributed by atoms with Crippen LogP contribution in [0.3, 0.4) is 0 Å². The van der Waals surface area contributed by atoms with E-state index in [1.165, 1.54) is 0 Å². The summed E-state index contributed by atoms with van der Waals surface area (Å²) in [6.07, 6.45) is 2.85. The summed E-state index contributed by atoms with van der Waals surface area (Å²) in [5, 5.41) is 17.8. The largest absolute Gasteiger partial charge is 0.361 e. The molecular formula is C22H23N5O2. The van der Waals surface area contributed by atoms with Crippen molar-refractivity contribution in [2.24, 2.45) is 0 Å². The van der Waals surface area contributed by atoms with E-state index < -0.39 is 18.0 Å². The van der Waals surface area contributed by atoms with Crippen LogP contribution in [0, 0.1) is 11.3 Å².